The molecular weight excluding hydrogens is 344 g/mol. The molecule has 0 aliphatic carbocycles. The highest BCUT2D eigenvalue weighted by molar-refractivity contribution is 5.81. The number of aryl methyl sites for hydroxylation is 2. The van der Waals surface area contributed by atoms with Gasteiger partial charge < -0.3 is 15.2 Å². The van der Waals surface area contributed by atoms with E-state index in [1.165, 1.54) is 0 Å². The number of fused-ring (bicyclic) bond motifs is 2. The van der Waals surface area contributed by atoms with Crippen molar-refractivity contribution in [2.75, 3.05) is 19.6 Å². The molecule has 8 nitrogen and oxygen atoms in total. The van der Waals surface area contributed by atoms with Crippen LogP contribution in [-0.2, 0) is 6.54 Å². The molecule has 0 amide bonds. The molecule has 4 rings (SSSR count). The second-order valence-electron chi connectivity index (χ2n) is 7.43. The average Bonchev–Trinajstić information content (AvgIpc) is 2.61. The Labute approximate surface area is 156 Å². The number of hydrogen-bond donors (Lipinski definition) is 2. The number of H-pyrrole nitrogens is 1. The molecule has 3 aliphatic rings. The number of benzene rings is 1. The number of aromatic nitrogens is 4. The van der Waals surface area contributed by atoms with Gasteiger partial charge in [0, 0.05) is 25.7 Å². The van der Waals surface area contributed by atoms with Gasteiger partial charge in [-0.25, -0.2) is 9.78 Å². The maximum absolute atomic E-state index is 12.3. The molecule has 3 aliphatic heterocycles. The van der Waals surface area contributed by atoms with E-state index in [2.05, 4.69) is 19.9 Å². The summed E-state index contributed by atoms with van der Waals surface area (Å²) in [5.74, 6) is 0.334. The molecule has 0 saturated carbocycles. The van der Waals surface area contributed by atoms with Crippen molar-refractivity contribution in [1.29, 1.82) is 0 Å². The summed E-state index contributed by atoms with van der Waals surface area (Å²) in [6.07, 6.45) is 2.14. The molecular formula is C19H24N6O2. The van der Waals surface area contributed by atoms with Crippen LogP contribution in [0, 0.1) is 13.8 Å². The molecule has 1 fully saturated rings. The summed E-state index contributed by atoms with van der Waals surface area (Å²) in [7, 11) is 0. The van der Waals surface area contributed by atoms with Gasteiger partial charge in [0.05, 0.1) is 11.0 Å². The van der Waals surface area contributed by atoms with Gasteiger partial charge in [0.1, 0.15) is 0 Å². The van der Waals surface area contributed by atoms with E-state index >= 15 is 0 Å². The van der Waals surface area contributed by atoms with Gasteiger partial charge in [0.2, 0.25) is 0 Å². The molecule has 1 aromatic carbocycles. The molecule has 0 radical (unpaired) electrons. The van der Waals surface area contributed by atoms with Crippen molar-refractivity contribution >= 4 is 11.0 Å². The topological polar surface area (TPSA) is 110 Å². The minimum absolute atomic E-state index is 0.195. The molecule has 1 saturated heterocycles. The first-order chi connectivity index (χ1) is 12.9. The van der Waals surface area contributed by atoms with E-state index in [1.807, 2.05) is 30.5 Å². The summed E-state index contributed by atoms with van der Waals surface area (Å²) in [5, 5.41) is 0. The van der Waals surface area contributed by atoms with Gasteiger partial charge in [-0.3, -0.25) is 9.78 Å². The number of nitrogens with zero attached hydrogens (tertiary/aromatic N) is 4. The molecule has 8 heteroatoms. The van der Waals surface area contributed by atoms with Crippen LogP contribution in [0.2, 0.25) is 0 Å². The summed E-state index contributed by atoms with van der Waals surface area (Å²) in [4.78, 5) is 37.2. The largest absolute Gasteiger partial charge is 0.349 e. The highest BCUT2D eigenvalue weighted by Crippen LogP contribution is 2.24. The van der Waals surface area contributed by atoms with Gasteiger partial charge >= 0.3 is 5.69 Å². The van der Waals surface area contributed by atoms with Gasteiger partial charge in [-0.05, 0) is 56.5 Å². The van der Waals surface area contributed by atoms with E-state index in [1.54, 1.807) is 0 Å². The number of aromatic amines is 1. The van der Waals surface area contributed by atoms with Gasteiger partial charge in [0.25, 0.3) is 5.56 Å². The lowest BCUT2D eigenvalue weighted by atomic mass is 10.1. The van der Waals surface area contributed by atoms with Crippen molar-refractivity contribution in [3.8, 4) is 11.5 Å². The Balaban J connectivity index is 1.85. The van der Waals surface area contributed by atoms with E-state index in [0.717, 1.165) is 54.6 Å². The number of piperidine rings is 1. The van der Waals surface area contributed by atoms with Crippen LogP contribution in [0.25, 0.3) is 22.6 Å². The molecule has 142 valence electrons. The Bertz CT molecular complexity index is 1090. The van der Waals surface area contributed by atoms with Crippen LogP contribution in [0.5, 0.6) is 0 Å². The van der Waals surface area contributed by atoms with Crippen LogP contribution in [0.1, 0.15) is 24.0 Å². The van der Waals surface area contributed by atoms with Crippen LogP contribution in [0.4, 0.5) is 0 Å². The normalized spacial score (nSPS) is 18.4. The van der Waals surface area contributed by atoms with E-state index in [-0.39, 0.29) is 11.7 Å². The Morgan fingerprint density at radius 1 is 1.19 bits per heavy atom. The quantitative estimate of drug-likeness (QED) is 0.656. The van der Waals surface area contributed by atoms with E-state index in [0.29, 0.717) is 12.4 Å². The zero-order chi connectivity index (χ0) is 19.1. The molecule has 0 bridgehead atoms. The van der Waals surface area contributed by atoms with Crippen LogP contribution < -0.4 is 17.0 Å². The lowest BCUT2D eigenvalue weighted by molar-refractivity contribution is 0.203. The van der Waals surface area contributed by atoms with Crippen LogP contribution >= 0.6 is 0 Å². The summed E-state index contributed by atoms with van der Waals surface area (Å²) in [6.45, 7) is 7.32. The van der Waals surface area contributed by atoms with Crippen molar-refractivity contribution in [2.45, 2.75) is 39.3 Å². The Morgan fingerprint density at radius 2 is 1.96 bits per heavy atom. The minimum atomic E-state index is -0.647. The molecule has 3 heterocycles. The standard InChI is InChI=1S/C19H24N6O2/c1-11-8-14-15(9-12(11)2)25(7-6-24-5-3-4-13(20)10-24)17-16(21-14)18(26)23-19(27)22-17/h8-9,13H,3-7,10,20H2,1-2H3,(H,23,26,27). The Kier molecular flexibility index (Phi) is 4.53. The van der Waals surface area contributed by atoms with Crippen LogP contribution in [0.15, 0.2) is 21.7 Å². The Morgan fingerprint density at radius 3 is 2.74 bits per heavy atom. The fraction of sp³-hybridized carbons (Fsp3) is 0.474. The van der Waals surface area contributed by atoms with E-state index < -0.39 is 11.2 Å². The predicted molar refractivity (Wildman–Crippen MR) is 104 cm³/mol. The predicted octanol–water partition coefficient (Wildman–Crippen LogP) is 0.625. The number of nitrogens with one attached hydrogen (secondary N) is 1. The first-order valence-corrected chi connectivity index (χ1v) is 9.32. The fourth-order valence-corrected chi connectivity index (χ4v) is 3.81. The monoisotopic (exact) mass is 368 g/mol. The van der Waals surface area contributed by atoms with Gasteiger partial charge in [0.15, 0.2) is 11.5 Å². The molecule has 0 spiro atoms. The zero-order valence-corrected chi connectivity index (χ0v) is 15.7. The first-order valence-electron chi connectivity index (χ1n) is 9.32. The number of rotatable bonds is 3. The number of hydrogen-bond acceptors (Lipinski definition) is 6. The van der Waals surface area contributed by atoms with Gasteiger partial charge in [-0.1, -0.05) is 0 Å². The summed E-state index contributed by atoms with van der Waals surface area (Å²) >= 11 is 0. The van der Waals surface area contributed by atoms with Crippen molar-refractivity contribution in [3.05, 3.63) is 44.1 Å². The molecule has 1 aromatic rings. The average molecular weight is 368 g/mol. The third kappa shape index (κ3) is 3.38. The van der Waals surface area contributed by atoms with E-state index in [4.69, 9.17) is 5.73 Å². The minimum Gasteiger partial charge on any atom is -0.327 e. The number of nitrogens with two attached hydrogens (primary N) is 1. The second kappa shape index (κ2) is 6.86. The van der Waals surface area contributed by atoms with Crippen molar-refractivity contribution < 1.29 is 0 Å². The highest BCUT2D eigenvalue weighted by atomic mass is 16.2. The Hall–Kier alpha value is -2.58. The van der Waals surface area contributed by atoms with Gasteiger partial charge in [-0.15, -0.1) is 0 Å². The summed E-state index contributed by atoms with van der Waals surface area (Å²) in [6, 6.07) is 4.22. The molecule has 0 aromatic heterocycles. The van der Waals surface area contributed by atoms with Crippen molar-refractivity contribution in [1.82, 2.24) is 24.4 Å². The summed E-state index contributed by atoms with van der Waals surface area (Å²) in [5.41, 5.74) is 8.98. The van der Waals surface area contributed by atoms with Crippen molar-refractivity contribution in [2.24, 2.45) is 5.73 Å². The molecule has 3 N–H and O–H groups in total. The van der Waals surface area contributed by atoms with Crippen LogP contribution in [-0.4, -0.2) is 50.1 Å². The molecule has 1 unspecified atom stereocenters. The smallest absolute Gasteiger partial charge is 0.327 e. The molecule has 27 heavy (non-hydrogen) atoms. The maximum Gasteiger partial charge on any atom is 0.349 e. The molecule has 1 atom stereocenters. The SMILES string of the molecule is Cc1cc2nc3c(=O)[nH]c(=O)nc-3n(CCN3CCCC(N)C3)c2cc1C. The lowest BCUT2D eigenvalue weighted by Crippen LogP contribution is -2.44. The fourth-order valence-electron chi connectivity index (χ4n) is 3.81. The third-order valence-corrected chi connectivity index (χ3v) is 5.41. The zero-order valence-electron chi connectivity index (χ0n) is 15.7. The second-order valence-corrected chi connectivity index (χ2v) is 7.43. The summed E-state index contributed by atoms with van der Waals surface area (Å²) < 4.78 is 1.95. The van der Waals surface area contributed by atoms with Crippen molar-refractivity contribution in [3.63, 3.8) is 0 Å². The van der Waals surface area contributed by atoms with E-state index in [9.17, 15) is 9.59 Å². The highest BCUT2D eigenvalue weighted by Gasteiger charge is 2.21. The first kappa shape index (κ1) is 17.8. The lowest BCUT2D eigenvalue weighted by Gasteiger charge is -2.31. The third-order valence-electron chi connectivity index (χ3n) is 5.41. The van der Waals surface area contributed by atoms with Gasteiger partial charge in [-0.2, -0.15) is 4.98 Å². The maximum atomic E-state index is 12.3. The number of likely N-dealkylation sites (tertiary alicyclic amines) is 1. The van der Waals surface area contributed by atoms with Crippen LogP contribution in [0.3, 0.4) is 0 Å².